The summed E-state index contributed by atoms with van der Waals surface area (Å²) in [4.78, 5) is 16.3. The standard InChI is InChI=1S/C21H28N4O3/c1-24(2)21(26)16-8-5-7-15(13-16)14-25-11-4-3-9-17(25)19-22-23-20(28-19)18-10-6-12-27-18/h5,7-8,13,17-18H,3-4,6,9-12,14H2,1-2H3/t17-,18-/m1/s1. The lowest BCUT2D eigenvalue weighted by Gasteiger charge is -2.33. The SMILES string of the molecule is CN(C)C(=O)c1cccc(CN2CCCC[C@@H]2c2nnc([C@H]3CCCO3)o2)c1. The Balaban J connectivity index is 1.50. The van der Waals surface area contributed by atoms with Crippen LogP contribution >= 0.6 is 0 Å². The number of carbonyl (C=O) groups is 1. The van der Waals surface area contributed by atoms with Gasteiger partial charge in [-0.3, -0.25) is 9.69 Å². The van der Waals surface area contributed by atoms with Crippen LogP contribution < -0.4 is 0 Å². The van der Waals surface area contributed by atoms with Gasteiger partial charge in [-0.25, -0.2) is 0 Å². The normalized spacial score (nSPS) is 23.1. The van der Waals surface area contributed by atoms with E-state index in [1.54, 1.807) is 19.0 Å². The Morgan fingerprint density at radius 2 is 2.04 bits per heavy atom. The topological polar surface area (TPSA) is 71.7 Å². The predicted octanol–water partition coefficient (Wildman–Crippen LogP) is 3.35. The molecular weight excluding hydrogens is 356 g/mol. The Morgan fingerprint density at radius 1 is 1.18 bits per heavy atom. The lowest BCUT2D eigenvalue weighted by Crippen LogP contribution is -2.33. The van der Waals surface area contributed by atoms with E-state index in [1.165, 1.54) is 0 Å². The highest BCUT2D eigenvalue weighted by Crippen LogP contribution is 2.34. The van der Waals surface area contributed by atoms with Crippen LogP contribution in [0.4, 0.5) is 0 Å². The third kappa shape index (κ3) is 4.10. The number of likely N-dealkylation sites (tertiary alicyclic amines) is 1. The Kier molecular flexibility index (Phi) is 5.73. The molecule has 7 nitrogen and oxygen atoms in total. The number of nitrogens with zero attached hydrogens (tertiary/aromatic N) is 4. The van der Waals surface area contributed by atoms with Gasteiger partial charge in [0, 0.05) is 32.8 Å². The Bertz CT molecular complexity index is 813. The molecule has 1 aromatic carbocycles. The van der Waals surface area contributed by atoms with E-state index in [4.69, 9.17) is 9.15 Å². The fourth-order valence-corrected chi connectivity index (χ4v) is 4.04. The average Bonchev–Trinajstić information content (AvgIpc) is 3.40. The maximum atomic E-state index is 12.3. The van der Waals surface area contributed by atoms with Crippen LogP contribution in [0.2, 0.25) is 0 Å². The average molecular weight is 384 g/mol. The van der Waals surface area contributed by atoms with Crippen LogP contribution in [0.1, 0.15) is 72.0 Å². The quantitative estimate of drug-likeness (QED) is 0.787. The number of hydrogen-bond donors (Lipinski definition) is 0. The second-order valence-electron chi connectivity index (χ2n) is 7.86. The lowest BCUT2D eigenvalue weighted by atomic mass is 10.0. The van der Waals surface area contributed by atoms with Crippen molar-refractivity contribution < 1.29 is 13.9 Å². The van der Waals surface area contributed by atoms with Crippen LogP contribution in [-0.4, -0.2) is 53.2 Å². The zero-order valence-corrected chi connectivity index (χ0v) is 16.6. The van der Waals surface area contributed by atoms with E-state index in [0.29, 0.717) is 11.8 Å². The molecule has 2 aliphatic rings. The minimum atomic E-state index is -0.0491. The fraction of sp³-hybridized carbons (Fsp3) is 0.571. The van der Waals surface area contributed by atoms with Crippen molar-refractivity contribution in [2.24, 2.45) is 0 Å². The van der Waals surface area contributed by atoms with Gasteiger partial charge in [0.2, 0.25) is 11.8 Å². The first-order valence-corrected chi connectivity index (χ1v) is 10.1. The molecule has 1 amide bonds. The summed E-state index contributed by atoms with van der Waals surface area (Å²) in [7, 11) is 3.55. The van der Waals surface area contributed by atoms with Crippen molar-refractivity contribution in [3.8, 4) is 0 Å². The summed E-state index contributed by atoms with van der Waals surface area (Å²) in [6.45, 7) is 2.50. The summed E-state index contributed by atoms with van der Waals surface area (Å²) >= 11 is 0. The Hall–Kier alpha value is -2.25. The molecule has 3 heterocycles. The smallest absolute Gasteiger partial charge is 0.253 e. The van der Waals surface area contributed by atoms with Gasteiger partial charge in [-0.05, 0) is 49.9 Å². The summed E-state index contributed by atoms with van der Waals surface area (Å²) in [5, 5.41) is 8.60. The van der Waals surface area contributed by atoms with E-state index in [2.05, 4.69) is 21.2 Å². The molecule has 7 heteroatoms. The van der Waals surface area contributed by atoms with Crippen LogP contribution in [-0.2, 0) is 11.3 Å². The number of ether oxygens (including phenoxy) is 1. The molecule has 0 bridgehead atoms. The summed E-state index contributed by atoms with van der Waals surface area (Å²) in [6, 6.07) is 7.99. The first kappa shape index (κ1) is 19.1. The van der Waals surface area contributed by atoms with Crippen molar-refractivity contribution in [2.75, 3.05) is 27.2 Å². The van der Waals surface area contributed by atoms with E-state index in [1.807, 2.05) is 18.2 Å². The Labute approximate surface area is 165 Å². The molecule has 150 valence electrons. The maximum absolute atomic E-state index is 12.3. The van der Waals surface area contributed by atoms with Crippen molar-refractivity contribution in [1.82, 2.24) is 20.0 Å². The van der Waals surface area contributed by atoms with Gasteiger partial charge in [-0.15, -0.1) is 10.2 Å². The summed E-state index contributed by atoms with van der Waals surface area (Å²) in [6.07, 6.45) is 5.25. The third-order valence-corrected chi connectivity index (χ3v) is 5.53. The van der Waals surface area contributed by atoms with E-state index >= 15 is 0 Å². The molecule has 1 aromatic heterocycles. The van der Waals surface area contributed by atoms with Crippen LogP contribution in [0.5, 0.6) is 0 Å². The molecule has 0 radical (unpaired) electrons. The van der Waals surface area contributed by atoms with Crippen LogP contribution in [0.3, 0.4) is 0 Å². The predicted molar refractivity (Wildman–Crippen MR) is 104 cm³/mol. The zero-order chi connectivity index (χ0) is 19.5. The highest BCUT2D eigenvalue weighted by atomic mass is 16.5. The summed E-state index contributed by atoms with van der Waals surface area (Å²) in [5.74, 6) is 1.32. The van der Waals surface area contributed by atoms with E-state index in [9.17, 15) is 4.79 Å². The molecule has 0 saturated carbocycles. The third-order valence-electron chi connectivity index (χ3n) is 5.53. The number of piperidine rings is 1. The Morgan fingerprint density at radius 3 is 2.82 bits per heavy atom. The van der Waals surface area contributed by atoms with Gasteiger partial charge in [0.15, 0.2) is 0 Å². The lowest BCUT2D eigenvalue weighted by molar-refractivity contribution is 0.0794. The largest absolute Gasteiger partial charge is 0.421 e. The minimum Gasteiger partial charge on any atom is -0.421 e. The van der Waals surface area contributed by atoms with Gasteiger partial charge >= 0.3 is 0 Å². The second-order valence-corrected chi connectivity index (χ2v) is 7.86. The van der Waals surface area contributed by atoms with Gasteiger partial charge < -0.3 is 14.1 Å². The van der Waals surface area contributed by atoms with Crippen molar-refractivity contribution in [3.63, 3.8) is 0 Å². The van der Waals surface area contributed by atoms with E-state index < -0.39 is 0 Å². The first-order valence-electron chi connectivity index (χ1n) is 10.1. The number of carbonyl (C=O) groups excluding carboxylic acids is 1. The molecular formula is C21H28N4O3. The number of amides is 1. The molecule has 4 rings (SSSR count). The highest BCUT2D eigenvalue weighted by molar-refractivity contribution is 5.94. The van der Waals surface area contributed by atoms with Gasteiger partial charge in [-0.2, -0.15) is 0 Å². The molecule has 0 spiro atoms. The van der Waals surface area contributed by atoms with Gasteiger partial charge in [0.1, 0.15) is 6.10 Å². The molecule has 2 aliphatic heterocycles. The van der Waals surface area contributed by atoms with Crippen molar-refractivity contribution in [3.05, 3.63) is 47.2 Å². The summed E-state index contributed by atoms with van der Waals surface area (Å²) < 4.78 is 11.7. The van der Waals surface area contributed by atoms with Crippen molar-refractivity contribution in [2.45, 2.75) is 50.8 Å². The molecule has 2 fully saturated rings. The fourth-order valence-electron chi connectivity index (χ4n) is 4.04. The van der Waals surface area contributed by atoms with E-state index in [0.717, 1.165) is 62.9 Å². The van der Waals surface area contributed by atoms with Crippen molar-refractivity contribution >= 4 is 5.91 Å². The first-order chi connectivity index (χ1) is 13.6. The maximum Gasteiger partial charge on any atom is 0.253 e. The number of benzene rings is 1. The van der Waals surface area contributed by atoms with Crippen molar-refractivity contribution in [1.29, 1.82) is 0 Å². The van der Waals surface area contributed by atoms with Gasteiger partial charge in [0.25, 0.3) is 5.91 Å². The highest BCUT2D eigenvalue weighted by Gasteiger charge is 2.31. The number of rotatable bonds is 5. The molecule has 2 aromatic rings. The zero-order valence-electron chi connectivity index (χ0n) is 16.6. The van der Waals surface area contributed by atoms with Gasteiger partial charge in [0.05, 0.1) is 6.04 Å². The van der Waals surface area contributed by atoms with Crippen LogP contribution in [0.25, 0.3) is 0 Å². The molecule has 2 saturated heterocycles. The molecule has 0 aliphatic carbocycles. The van der Waals surface area contributed by atoms with Crippen LogP contribution in [0.15, 0.2) is 28.7 Å². The molecule has 0 unspecified atom stereocenters. The van der Waals surface area contributed by atoms with Gasteiger partial charge in [-0.1, -0.05) is 18.6 Å². The molecule has 28 heavy (non-hydrogen) atoms. The number of aromatic nitrogens is 2. The monoisotopic (exact) mass is 384 g/mol. The number of hydrogen-bond acceptors (Lipinski definition) is 6. The van der Waals surface area contributed by atoms with Crippen LogP contribution in [0, 0.1) is 0 Å². The minimum absolute atomic E-state index is 0.0233. The van der Waals surface area contributed by atoms with E-state index in [-0.39, 0.29) is 18.1 Å². The molecule has 2 atom stereocenters. The second kappa shape index (κ2) is 8.41. The molecule has 0 N–H and O–H groups in total. The summed E-state index contributed by atoms with van der Waals surface area (Å²) in [5.41, 5.74) is 1.84.